The Labute approximate surface area is 548 Å². The van der Waals surface area contributed by atoms with E-state index in [1.165, 1.54) is 62.4 Å². The maximum Gasteiger partial charge on any atom is 0.338 e. The Balaban J connectivity index is 0.000000156. The minimum Gasteiger partial charge on any atom is -0.462 e. The van der Waals surface area contributed by atoms with Crippen molar-refractivity contribution in [3.8, 4) is 22.7 Å². The number of benzene rings is 10. The van der Waals surface area contributed by atoms with Crippen molar-refractivity contribution in [1.29, 1.82) is 0 Å². The topological polar surface area (TPSA) is 72.3 Å². The van der Waals surface area contributed by atoms with Gasteiger partial charge in [-0.1, -0.05) is 183 Å². The van der Waals surface area contributed by atoms with E-state index in [4.69, 9.17) is 9.47 Å². The van der Waals surface area contributed by atoms with E-state index in [1.807, 2.05) is 36.4 Å². The number of hydrogen-bond donors (Lipinski definition) is 0. The van der Waals surface area contributed by atoms with E-state index >= 15 is 0 Å². The van der Waals surface area contributed by atoms with Crippen LogP contribution in [-0.2, 0) is 9.47 Å². The fraction of sp³-hybridized carbons (Fsp3) is 0.186. The Bertz CT molecular complexity index is 4790. The summed E-state index contributed by atoms with van der Waals surface area (Å²) in [4.78, 5) is 27.8. The Morgan fingerprint density at radius 1 is 0.340 bits per heavy atom. The van der Waals surface area contributed by atoms with Crippen LogP contribution in [0.4, 0.5) is 0 Å². The Morgan fingerprint density at radius 2 is 0.628 bits per heavy atom. The van der Waals surface area contributed by atoms with Gasteiger partial charge in [0.1, 0.15) is 0 Å². The van der Waals surface area contributed by atoms with Crippen molar-refractivity contribution < 1.29 is 19.1 Å². The monoisotopic (exact) mass is 1230 g/mol. The standard InChI is InChI=1S/C45H42N2O2.C41H34N2O2/c1-3-31-26-32(4-2)33(27-31)16-6-5-15-25-49-45(48)34-28-35(46-41-21-11-7-17-37(41)38-18-8-12-22-42(38)46)30-36(29-34)47-43-23-13-9-19-39(43)40-20-10-14-24-44(40)47;1-3-27-21-28(4-2)30(22-27)26-45-41(44)29-23-31(42-37-17-9-5-13-33(37)34-14-6-10-18-38(34)42)25-32(24-29)43-39-19-11-7-15-35(39)36-16-8-12-20-40(36)43/h3-4,7-14,17-24,28-33H,1-2,5-6,15-16,25-27H2;3-20,23-25,27-28,30H,1-2,21-22,26H2. The quantitative estimate of drug-likeness (QED) is 0.0487. The summed E-state index contributed by atoms with van der Waals surface area (Å²) in [6, 6.07) is 80.0. The molecule has 0 radical (unpaired) electrons. The Kier molecular flexibility index (Phi) is 16.3. The van der Waals surface area contributed by atoms with Gasteiger partial charge in [-0.05, 0) is 159 Å². The van der Waals surface area contributed by atoms with Gasteiger partial charge in [-0.2, -0.15) is 0 Å². The van der Waals surface area contributed by atoms with Crippen molar-refractivity contribution in [3.63, 3.8) is 0 Å². The number of unbranched alkanes of at least 4 members (excludes halogenated alkanes) is 2. The molecule has 6 atom stereocenters. The molecule has 2 fully saturated rings. The minimum absolute atomic E-state index is 0.242. The number of nitrogens with zero attached hydrogens (tertiary/aromatic N) is 4. The summed E-state index contributed by atoms with van der Waals surface area (Å²) in [5, 5.41) is 9.42. The summed E-state index contributed by atoms with van der Waals surface area (Å²) in [5.41, 5.74) is 13.5. The van der Waals surface area contributed by atoms with Crippen LogP contribution in [0.1, 0.15) is 72.1 Å². The summed E-state index contributed by atoms with van der Waals surface area (Å²) >= 11 is 0. The third kappa shape index (κ3) is 10.9. The molecular formula is C86H76N4O4. The zero-order valence-electron chi connectivity index (χ0n) is 53.0. The van der Waals surface area contributed by atoms with Gasteiger partial charge in [0.25, 0.3) is 0 Å². The maximum absolute atomic E-state index is 14.0. The number of carbonyl (C=O) groups is 2. The van der Waals surface area contributed by atoms with Crippen LogP contribution in [0.25, 0.3) is 110 Å². The number of ether oxygens (including phenoxy) is 2. The van der Waals surface area contributed by atoms with Crippen molar-refractivity contribution in [2.45, 2.75) is 51.4 Å². The average molecular weight is 1230 g/mol. The third-order valence-electron chi connectivity index (χ3n) is 20.4. The van der Waals surface area contributed by atoms with E-state index in [0.29, 0.717) is 53.9 Å². The minimum atomic E-state index is -0.315. The van der Waals surface area contributed by atoms with Gasteiger partial charge in [-0.25, -0.2) is 9.59 Å². The molecule has 4 aromatic heterocycles. The number of fused-ring (bicyclic) bond motifs is 12. The summed E-state index contributed by atoms with van der Waals surface area (Å²) < 4.78 is 21.1. The van der Waals surface area contributed by atoms with E-state index < -0.39 is 0 Å². The molecule has 0 bridgehead atoms. The number of aromatic nitrogens is 4. The summed E-state index contributed by atoms with van der Waals surface area (Å²) in [6.07, 6.45) is 16.9. The average Bonchev–Trinajstić information content (AvgIpc) is 1.58. The van der Waals surface area contributed by atoms with Crippen LogP contribution >= 0.6 is 0 Å². The normalized spacial score (nSPS) is 17.9. The van der Waals surface area contributed by atoms with Gasteiger partial charge in [0.15, 0.2) is 0 Å². The summed E-state index contributed by atoms with van der Waals surface area (Å²) in [5.74, 6) is 2.27. The molecule has 0 amide bonds. The zero-order valence-corrected chi connectivity index (χ0v) is 53.0. The van der Waals surface area contributed by atoms with Crippen molar-refractivity contribution in [2.24, 2.45) is 35.5 Å². The molecule has 16 rings (SSSR count). The maximum atomic E-state index is 14.0. The fourth-order valence-electron chi connectivity index (χ4n) is 15.8. The molecule has 8 nitrogen and oxygen atoms in total. The molecule has 2 aliphatic rings. The van der Waals surface area contributed by atoms with E-state index in [-0.39, 0.29) is 17.9 Å². The lowest BCUT2D eigenvalue weighted by atomic mass is 9.91. The second-order valence-corrected chi connectivity index (χ2v) is 25.8. The molecule has 10 aromatic carbocycles. The molecule has 0 saturated heterocycles. The first-order chi connectivity index (χ1) is 46.3. The highest BCUT2D eigenvalue weighted by Crippen LogP contribution is 2.43. The number of para-hydroxylation sites is 8. The Morgan fingerprint density at radius 3 is 0.936 bits per heavy atom. The zero-order chi connectivity index (χ0) is 63.8. The van der Waals surface area contributed by atoms with Crippen molar-refractivity contribution in [1.82, 2.24) is 18.3 Å². The molecule has 6 unspecified atom stereocenters. The summed E-state index contributed by atoms with van der Waals surface area (Å²) in [7, 11) is 0. The van der Waals surface area contributed by atoms with Crippen LogP contribution in [0.5, 0.6) is 0 Å². The molecule has 0 spiro atoms. The van der Waals surface area contributed by atoms with E-state index in [2.05, 4.69) is 263 Å². The molecule has 2 saturated carbocycles. The number of hydrogen-bond acceptors (Lipinski definition) is 4. The first kappa shape index (κ1) is 59.6. The molecule has 464 valence electrons. The third-order valence-corrected chi connectivity index (χ3v) is 20.4. The number of carbonyl (C=O) groups excluding carboxylic acids is 2. The Hall–Kier alpha value is -10.7. The van der Waals surface area contributed by atoms with Crippen molar-refractivity contribution in [3.05, 3.63) is 292 Å². The van der Waals surface area contributed by atoms with E-state index in [9.17, 15) is 9.59 Å². The SMILES string of the molecule is C=CC1CC(C=C)C(CCCCCOC(=O)c2cc(-n3c4ccccc4c4ccccc43)cc(-n3c4ccccc4c4ccccc43)c2)C1.C=CC1CC(C=C)C(COC(=O)c2cc(-n3c4ccccc4c4ccccc43)cc(-n3c4ccccc4c4ccccc43)c2)C1. The molecular weight excluding hydrogens is 1150 g/mol. The summed E-state index contributed by atoms with van der Waals surface area (Å²) in [6.45, 7) is 16.9. The lowest BCUT2D eigenvalue weighted by Crippen LogP contribution is -2.17. The molecule has 2 aliphatic carbocycles. The largest absolute Gasteiger partial charge is 0.462 e. The number of allylic oxidation sites excluding steroid dienone is 4. The highest BCUT2D eigenvalue weighted by molar-refractivity contribution is 6.13. The van der Waals surface area contributed by atoms with Gasteiger partial charge in [0.05, 0.1) is 68.5 Å². The highest BCUT2D eigenvalue weighted by Gasteiger charge is 2.33. The number of rotatable bonds is 18. The van der Waals surface area contributed by atoms with Crippen LogP contribution in [0.2, 0.25) is 0 Å². The van der Waals surface area contributed by atoms with Crippen molar-refractivity contribution in [2.75, 3.05) is 13.2 Å². The fourth-order valence-corrected chi connectivity index (χ4v) is 15.8. The smallest absolute Gasteiger partial charge is 0.338 e. The molecule has 94 heavy (non-hydrogen) atoms. The predicted molar refractivity (Wildman–Crippen MR) is 389 cm³/mol. The van der Waals surface area contributed by atoms with Gasteiger partial charge >= 0.3 is 11.9 Å². The van der Waals surface area contributed by atoms with Crippen molar-refractivity contribution >= 4 is 99.2 Å². The van der Waals surface area contributed by atoms with Crippen LogP contribution in [0.3, 0.4) is 0 Å². The predicted octanol–water partition coefficient (Wildman–Crippen LogP) is 21.7. The number of esters is 2. The first-order valence-corrected chi connectivity index (χ1v) is 33.4. The first-order valence-electron chi connectivity index (χ1n) is 33.4. The van der Waals surface area contributed by atoms with Gasteiger partial charge in [-0.3, -0.25) is 0 Å². The molecule has 14 aromatic rings. The van der Waals surface area contributed by atoms with Gasteiger partial charge < -0.3 is 27.7 Å². The second-order valence-electron chi connectivity index (χ2n) is 25.8. The molecule has 8 heteroatoms. The van der Waals surface area contributed by atoms with Gasteiger partial charge in [0, 0.05) is 65.8 Å². The lowest BCUT2D eigenvalue weighted by Gasteiger charge is -2.18. The van der Waals surface area contributed by atoms with Crippen LogP contribution < -0.4 is 0 Å². The van der Waals surface area contributed by atoms with Crippen LogP contribution in [0.15, 0.2) is 281 Å². The van der Waals surface area contributed by atoms with E-state index in [1.54, 1.807) is 0 Å². The van der Waals surface area contributed by atoms with Gasteiger partial charge in [-0.15, -0.1) is 26.3 Å². The second kappa shape index (κ2) is 25.8. The lowest BCUT2D eigenvalue weighted by molar-refractivity contribution is 0.0422. The molecule has 0 aliphatic heterocycles. The van der Waals surface area contributed by atoms with Crippen LogP contribution in [0, 0.1) is 35.5 Å². The highest BCUT2D eigenvalue weighted by atomic mass is 16.5. The van der Waals surface area contributed by atoms with E-state index in [0.717, 1.165) is 99.0 Å². The molecule has 0 N–H and O–H groups in total. The molecule has 4 heterocycles. The van der Waals surface area contributed by atoms with Crippen LogP contribution in [-0.4, -0.2) is 43.4 Å². The van der Waals surface area contributed by atoms with Gasteiger partial charge in [0.2, 0.25) is 0 Å².